The standard InChI is InChI=1S/C24H35NO3/c1-22-7-6-15-14(16(22)11-17(21(22)26)25-8-4-3-5-9-25)10-20-24(28-20)13-19-18(27-19)12-23(15,24)2/h14-20H,3-13H2,1-2H3/t14-,15+,16+,17+,18-,19+,20+,22+,23-,24+/m1/s1. The van der Waals surface area contributed by atoms with Crippen LogP contribution in [0.3, 0.4) is 0 Å². The van der Waals surface area contributed by atoms with Crippen molar-refractivity contribution in [1.82, 2.24) is 4.90 Å². The molecule has 0 radical (unpaired) electrons. The first-order valence-corrected chi connectivity index (χ1v) is 12.1. The molecule has 0 N–H and O–H groups in total. The Morgan fingerprint density at radius 2 is 1.79 bits per heavy atom. The zero-order chi connectivity index (χ0) is 18.9. The highest BCUT2D eigenvalue weighted by molar-refractivity contribution is 5.92. The third-order valence-electron chi connectivity index (χ3n) is 10.9. The lowest BCUT2D eigenvalue weighted by atomic mass is 9.45. The summed E-state index contributed by atoms with van der Waals surface area (Å²) in [5.41, 5.74) is 0.308. The van der Waals surface area contributed by atoms with Crippen molar-refractivity contribution >= 4 is 5.78 Å². The average molecular weight is 386 g/mol. The van der Waals surface area contributed by atoms with Crippen LogP contribution in [0.5, 0.6) is 0 Å². The fourth-order valence-corrected chi connectivity index (χ4v) is 9.25. The highest BCUT2D eigenvalue weighted by Crippen LogP contribution is 2.74. The maximum Gasteiger partial charge on any atom is 0.156 e. The summed E-state index contributed by atoms with van der Waals surface area (Å²) in [6, 6.07) is 0.205. The molecule has 4 nitrogen and oxygen atoms in total. The molecule has 0 bridgehead atoms. The van der Waals surface area contributed by atoms with E-state index in [-0.39, 0.29) is 22.5 Å². The third-order valence-corrected chi connectivity index (χ3v) is 10.9. The summed E-state index contributed by atoms with van der Waals surface area (Å²) in [7, 11) is 0. The molecule has 4 aliphatic carbocycles. The summed E-state index contributed by atoms with van der Waals surface area (Å²) in [4.78, 5) is 16.2. The van der Waals surface area contributed by atoms with Gasteiger partial charge < -0.3 is 9.47 Å². The average Bonchev–Trinajstić information content (AvgIpc) is 3.57. The van der Waals surface area contributed by atoms with E-state index in [9.17, 15) is 4.79 Å². The molecule has 0 unspecified atom stereocenters. The second kappa shape index (κ2) is 5.23. The number of carbonyl (C=O) groups excluding carboxylic acids is 1. The number of nitrogens with zero attached hydrogens (tertiary/aromatic N) is 1. The van der Waals surface area contributed by atoms with E-state index in [2.05, 4.69) is 18.7 Å². The number of epoxide rings is 2. The minimum absolute atomic E-state index is 0.0815. The molecule has 3 heterocycles. The van der Waals surface area contributed by atoms with Crippen LogP contribution in [0.1, 0.15) is 71.6 Å². The first kappa shape index (κ1) is 17.3. The summed E-state index contributed by atoms with van der Waals surface area (Å²) in [6.07, 6.45) is 12.3. The van der Waals surface area contributed by atoms with Crippen LogP contribution in [-0.2, 0) is 14.3 Å². The third kappa shape index (κ3) is 1.92. The van der Waals surface area contributed by atoms with Gasteiger partial charge in [0.1, 0.15) is 5.60 Å². The number of likely N-dealkylation sites (tertiary alicyclic amines) is 1. The number of ketones is 1. The van der Waals surface area contributed by atoms with Gasteiger partial charge in [0.05, 0.1) is 24.4 Å². The summed E-state index contributed by atoms with van der Waals surface area (Å²) < 4.78 is 12.5. The van der Waals surface area contributed by atoms with Gasteiger partial charge in [0.15, 0.2) is 5.78 Å². The number of rotatable bonds is 1. The van der Waals surface area contributed by atoms with Crippen LogP contribution in [0, 0.1) is 28.6 Å². The second-order valence-electron chi connectivity index (χ2n) is 11.8. The van der Waals surface area contributed by atoms with E-state index in [1.54, 1.807) is 0 Å². The largest absolute Gasteiger partial charge is 0.369 e. The van der Waals surface area contributed by atoms with E-state index in [1.165, 1.54) is 38.5 Å². The van der Waals surface area contributed by atoms with Crippen molar-refractivity contribution in [2.75, 3.05) is 13.1 Å². The van der Waals surface area contributed by atoms with E-state index >= 15 is 0 Å². The Balaban J connectivity index is 1.22. The Morgan fingerprint density at radius 1 is 1.00 bits per heavy atom. The van der Waals surface area contributed by atoms with Gasteiger partial charge in [-0.25, -0.2) is 0 Å². The SMILES string of the molecule is C[C@]12CC[C@H]3[C@@H](C[C@@H]4O[C@@]45C[C@@H]4O[C@@H]4C[C@]35C)[C@@H]1C[C@H](N1CCCCC1)C2=O. The number of carbonyl (C=O) groups is 1. The topological polar surface area (TPSA) is 45.4 Å². The molecule has 0 amide bonds. The molecule has 4 heteroatoms. The van der Waals surface area contributed by atoms with Gasteiger partial charge >= 0.3 is 0 Å². The Hall–Kier alpha value is -0.450. The monoisotopic (exact) mass is 385 g/mol. The smallest absolute Gasteiger partial charge is 0.156 e. The molecule has 10 atom stereocenters. The molecule has 1 spiro atoms. The molecular formula is C24H35NO3. The van der Waals surface area contributed by atoms with Gasteiger partial charge in [-0.1, -0.05) is 20.3 Å². The van der Waals surface area contributed by atoms with Crippen molar-refractivity contribution in [1.29, 1.82) is 0 Å². The number of hydrogen-bond donors (Lipinski definition) is 0. The van der Waals surface area contributed by atoms with E-state index < -0.39 is 0 Å². The van der Waals surface area contributed by atoms with Crippen molar-refractivity contribution in [3.63, 3.8) is 0 Å². The van der Waals surface area contributed by atoms with Crippen LogP contribution in [0.15, 0.2) is 0 Å². The van der Waals surface area contributed by atoms with Crippen LogP contribution in [0.2, 0.25) is 0 Å². The molecule has 0 aromatic heterocycles. The van der Waals surface area contributed by atoms with Crippen molar-refractivity contribution in [2.24, 2.45) is 28.6 Å². The maximum absolute atomic E-state index is 13.7. The summed E-state index contributed by atoms with van der Waals surface area (Å²) >= 11 is 0. The van der Waals surface area contributed by atoms with E-state index in [0.29, 0.717) is 35.9 Å². The summed E-state index contributed by atoms with van der Waals surface area (Å²) in [5.74, 6) is 2.56. The van der Waals surface area contributed by atoms with Crippen LogP contribution >= 0.6 is 0 Å². The van der Waals surface area contributed by atoms with Crippen molar-refractivity contribution in [2.45, 2.75) is 102 Å². The lowest BCUT2D eigenvalue weighted by molar-refractivity contribution is -0.138. The fraction of sp³-hybridized carbons (Fsp3) is 0.958. The zero-order valence-corrected chi connectivity index (χ0v) is 17.5. The van der Waals surface area contributed by atoms with Gasteiger partial charge in [0, 0.05) is 17.3 Å². The molecule has 7 rings (SSSR count). The number of hydrogen-bond acceptors (Lipinski definition) is 4. The summed E-state index contributed by atoms with van der Waals surface area (Å²) in [6.45, 7) is 7.14. The van der Waals surface area contributed by atoms with Gasteiger partial charge in [-0.3, -0.25) is 9.69 Å². The quantitative estimate of drug-likeness (QED) is 0.648. The minimum atomic E-state index is -0.0815. The fourth-order valence-electron chi connectivity index (χ4n) is 9.25. The second-order valence-corrected chi connectivity index (χ2v) is 11.8. The first-order valence-electron chi connectivity index (χ1n) is 12.1. The van der Waals surface area contributed by atoms with Crippen molar-refractivity contribution in [3.8, 4) is 0 Å². The molecule has 154 valence electrons. The normalized spacial score (nSPS) is 62.2. The van der Waals surface area contributed by atoms with Gasteiger partial charge in [0.25, 0.3) is 0 Å². The van der Waals surface area contributed by atoms with Crippen LogP contribution in [-0.4, -0.2) is 53.7 Å². The number of Topliss-reactive ketones (excluding diaryl/α,β-unsaturated/α-hetero) is 1. The van der Waals surface area contributed by atoms with Crippen LogP contribution in [0.4, 0.5) is 0 Å². The molecule has 0 aromatic carbocycles. The maximum atomic E-state index is 13.7. The van der Waals surface area contributed by atoms with Crippen LogP contribution < -0.4 is 0 Å². The molecule has 4 saturated carbocycles. The number of ether oxygens (including phenoxy) is 2. The van der Waals surface area contributed by atoms with Gasteiger partial charge in [0.2, 0.25) is 0 Å². The Morgan fingerprint density at radius 3 is 2.61 bits per heavy atom. The van der Waals surface area contributed by atoms with Gasteiger partial charge in [-0.05, 0) is 75.8 Å². The lowest BCUT2D eigenvalue weighted by Gasteiger charge is -2.57. The van der Waals surface area contributed by atoms with Crippen molar-refractivity contribution < 1.29 is 14.3 Å². The lowest BCUT2D eigenvalue weighted by Crippen LogP contribution is -2.58. The number of fused-ring (bicyclic) bond motifs is 5. The van der Waals surface area contributed by atoms with E-state index in [4.69, 9.17) is 9.47 Å². The molecule has 7 fully saturated rings. The van der Waals surface area contributed by atoms with Crippen LogP contribution in [0.25, 0.3) is 0 Å². The Bertz CT molecular complexity index is 733. The first-order chi connectivity index (χ1) is 13.5. The Labute approximate surface area is 168 Å². The summed E-state index contributed by atoms with van der Waals surface area (Å²) in [5, 5.41) is 0. The minimum Gasteiger partial charge on any atom is -0.369 e. The zero-order valence-electron chi connectivity index (χ0n) is 17.5. The van der Waals surface area contributed by atoms with Gasteiger partial charge in [-0.2, -0.15) is 0 Å². The highest BCUT2D eigenvalue weighted by atomic mass is 16.6. The Kier molecular flexibility index (Phi) is 3.22. The molecule has 3 saturated heterocycles. The number of piperidine rings is 1. The molecule has 7 aliphatic rings. The molecule has 0 aromatic rings. The predicted octanol–water partition coefficient (Wildman–Crippen LogP) is 3.57. The van der Waals surface area contributed by atoms with E-state index in [0.717, 1.165) is 38.3 Å². The predicted molar refractivity (Wildman–Crippen MR) is 105 cm³/mol. The molecule has 28 heavy (non-hydrogen) atoms. The highest BCUT2D eigenvalue weighted by Gasteiger charge is 2.79. The van der Waals surface area contributed by atoms with Crippen molar-refractivity contribution in [3.05, 3.63) is 0 Å². The van der Waals surface area contributed by atoms with Gasteiger partial charge in [-0.15, -0.1) is 0 Å². The molecule has 3 aliphatic heterocycles. The van der Waals surface area contributed by atoms with E-state index in [1.807, 2.05) is 0 Å². The molecular weight excluding hydrogens is 350 g/mol.